The molecule has 3 aromatic rings. The molecular weight excluding hydrogens is 423 g/mol. The van der Waals surface area contributed by atoms with Crippen molar-refractivity contribution in [3.8, 4) is 0 Å². The molecule has 2 heterocycles. The van der Waals surface area contributed by atoms with Crippen LogP contribution in [0.25, 0.3) is 0 Å². The average molecular weight is 453 g/mol. The number of hydrogen-bond acceptors (Lipinski definition) is 6. The number of likely N-dealkylation sites (tertiary alicyclic amines) is 1. The van der Waals surface area contributed by atoms with Crippen LogP contribution in [-0.2, 0) is 12.0 Å². The highest BCUT2D eigenvalue weighted by Crippen LogP contribution is 2.45. The van der Waals surface area contributed by atoms with Crippen molar-refractivity contribution >= 4 is 11.9 Å². The van der Waals surface area contributed by atoms with Crippen LogP contribution in [0.15, 0.2) is 64.0 Å². The van der Waals surface area contributed by atoms with Gasteiger partial charge in [-0.2, -0.15) is 4.98 Å². The van der Waals surface area contributed by atoms with Gasteiger partial charge in [0.1, 0.15) is 5.82 Å². The highest BCUT2D eigenvalue weighted by atomic mass is 32.2. The van der Waals surface area contributed by atoms with Crippen molar-refractivity contribution in [2.24, 2.45) is 0 Å². The minimum absolute atomic E-state index is 0.212. The van der Waals surface area contributed by atoms with E-state index >= 15 is 0 Å². The van der Waals surface area contributed by atoms with Crippen molar-refractivity contribution in [1.82, 2.24) is 19.8 Å². The number of hydrogen-bond donors (Lipinski definition) is 1. The maximum atomic E-state index is 13.5. The first kappa shape index (κ1) is 21.6. The van der Waals surface area contributed by atoms with E-state index < -0.39 is 0 Å². The summed E-state index contributed by atoms with van der Waals surface area (Å²) in [6.07, 6.45) is 6.41. The molecule has 7 heteroatoms. The van der Waals surface area contributed by atoms with Crippen LogP contribution < -0.4 is 4.72 Å². The van der Waals surface area contributed by atoms with E-state index in [1.807, 2.05) is 18.2 Å². The minimum atomic E-state index is -0.249. The predicted octanol–water partition coefficient (Wildman–Crippen LogP) is 5.33. The van der Waals surface area contributed by atoms with E-state index in [0.717, 1.165) is 63.0 Å². The Morgan fingerprint density at radius 3 is 2.47 bits per heavy atom. The number of aromatic nitrogens is 2. The van der Waals surface area contributed by atoms with Gasteiger partial charge in [0.15, 0.2) is 5.82 Å². The van der Waals surface area contributed by atoms with Crippen LogP contribution in [0.3, 0.4) is 0 Å². The summed E-state index contributed by atoms with van der Waals surface area (Å²) in [7, 11) is 0. The standard InChI is InChI=1S/C25H29FN4OS/c26-20-10-8-19(9-11-20)25(14-4-5-15-25)24-27-23(31-28-24)18-30-16-12-21(13-17-30)29-32-22-6-2-1-3-7-22/h1-3,6-11,21,29H,4-5,12-18H2. The highest BCUT2D eigenvalue weighted by Gasteiger charge is 2.41. The molecule has 1 aliphatic heterocycles. The molecule has 1 N–H and O–H groups in total. The molecule has 5 nitrogen and oxygen atoms in total. The zero-order valence-corrected chi connectivity index (χ0v) is 19.0. The fourth-order valence-electron chi connectivity index (χ4n) is 4.94. The molecule has 2 aliphatic rings. The second-order valence-corrected chi connectivity index (χ2v) is 9.80. The van der Waals surface area contributed by atoms with Crippen molar-refractivity contribution in [2.45, 2.75) is 61.4 Å². The summed E-state index contributed by atoms with van der Waals surface area (Å²) in [5, 5.41) is 4.39. The van der Waals surface area contributed by atoms with Crippen molar-refractivity contribution in [1.29, 1.82) is 0 Å². The number of nitrogens with zero attached hydrogens (tertiary/aromatic N) is 3. The van der Waals surface area contributed by atoms with Gasteiger partial charge in [0.2, 0.25) is 5.89 Å². The third-order valence-corrected chi connectivity index (χ3v) is 7.74. The fraction of sp³-hybridized carbons (Fsp3) is 0.440. The van der Waals surface area contributed by atoms with Crippen LogP contribution in [0, 0.1) is 5.82 Å². The van der Waals surface area contributed by atoms with Gasteiger partial charge in [-0.05, 0) is 67.5 Å². The molecule has 0 bridgehead atoms. The molecule has 2 aromatic carbocycles. The third-order valence-electron chi connectivity index (χ3n) is 6.78. The van der Waals surface area contributed by atoms with Crippen molar-refractivity contribution in [2.75, 3.05) is 13.1 Å². The first-order valence-electron chi connectivity index (χ1n) is 11.5. The Balaban J connectivity index is 1.18. The molecule has 1 saturated carbocycles. The summed E-state index contributed by atoms with van der Waals surface area (Å²) in [5.74, 6) is 1.22. The lowest BCUT2D eigenvalue weighted by Crippen LogP contribution is -2.40. The Hall–Kier alpha value is -2.22. The van der Waals surface area contributed by atoms with E-state index in [1.54, 1.807) is 11.9 Å². The SMILES string of the molecule is Fc1ccc(C2(c3noc(CN4CCC(NSc5ccccc5)CC4)n3)CCCC2)cc1. The summed E-state index contributed by atoms with van der Waals surface area (Å²) < 4.78 is 22.8. The van der Waals surface area contributed by atoms with Crippen LogP contribution in [-0.4, -0.2) is 34.2 Å². The molecule has 2 fully saturated rings. The highest BCUT2D eigenvalue weighted by molar-refractivity contribution is 7.97. The van der Waals surface area contributed by atoms with E-state index in [0.29, 0.717) is 18.5 Å². The van der Waals surface area contributed by atoms with Crippen LogP contribution in [0.4, 0.5) is 4.39 Å². The maximum Gasteiger partial charge on any atom is 0.240 e. The molecule has 0 spiro atoms. The van der Waals surface area contributed by atoms with Crippen molar-refractivity contribution < 1.29 is 8.91 Å². The normalized spacial score (nSPS) is 19.4. The Labute approximate surface area is 192 Å². The van der Waals surface area contributed by atoms with Gasteiger partial charge in [-0.3, -0.25) is 9.62 Å². The lowest BCUT2D eigenvalue weighted by Gasteiger charge is -2.31. The first-order chi connectivity index (χ1) is 15.7. The summed E-state index contributed by atoms with van der Waals surface area (Å²) in [4.78, 5) is 8.46. The molecule has 168 valence electrons. The van der Waals surface area contributed by atoms with E-state index in [9.17, 15) is 4.39 Å². The average Bonchev–Trinajstić information content (AvgIpc) is 3.51. The van der Waals surface area contributed by atoms with Crippen LogP contribution >= 0.6 is 11.9 Å². The molecular formula is C25H29FN4OS. The number of rotatable bonds is 7. The smallest absolute Gasteiger partial charge is 0.240 e. The lowest BCUT2D eigenvalue weighted by molar-refractivity contribution is 0.178. The Morgan fingerprint density at radius 1 is 1.03 bits per heavy atom. The number of piperidine rings is 1. The van der Waals surface area contributed by atoms with Crippen molar-refractivity contribution in [3.05, 3.63) is 77.7 Å². The lowest BCUT2D eigenvalue weighted by atomic mass is 9.78. The molecule has 1 saturated heterocycles. The molecule has 0 amide bonds. The zero-order chi connectivity index (χ0) is 21.8. The van der Waals surface area contributed by atoms with Crippen LogP contribution in [0.5, 0.6) is 0 Å². The predicted molar refractivity (Wildman–Crippen MR) is 124 cm³/mol. The number of nitrogens with one attached hydrogen (secondary N) is 1. The second-order valence-electron chi connectivity index (χ2n) is 8.89. The molecule has 5 rings (SSSR count). The second kappa shape index (κ2) is 9.73. The number of benzene rings is 2. The zero-order valence-electron chi connectivity index (χ0n) is 18.2. The molecule has 32 heavy (non-hydrogen) atoms. The minimum Gasteiger partial charge on any atom is -0.338 e. The maximum absolute atomic E-state index is 13.5. The Kier molecular flexibility index (Phi) is 6.57. The monoisotopic (exact) mass is 452 g/mol. The third kappa shape index (κ3) is 4.75. The van der Waals surface area contributed by atoms with Gasteiger partial charge in [-0.15, -0.1) is 0 Å². The summed E-state index contributed by atoms with van der Waals surface area (Å²) in [6, 6.07) is 17.8. The van der Waals surface area contributed by atoms with E-state index in [1.165, 1.54) is 17.0 Å². The van der Waals surface area contributed by atoms with Gasteiger partial charge in [0, 0.05) is 24.0 Å². The van der Waals surface area contributed by atoms with Gasteiger partial charge in [0.25, 0.3) is 0 Å². The largest absolute Gasteiger partial charge is 0.338 e. The fourth-order valence-corrected chi connectivity index (χ4v) is 5.77. The summed E-state index contributed by atoms with van der Waals surface area (Å²) >= 11 is 1.72. The van der Waals surface area contributed by atoms with E-state index in [-0.39, 0.29) is 11.2 Å². The Bertz CT molecular complexity index is 996. The summed E-state index contributed by atoms with van der Waals surface area (Å²) in [6.45, 7) is 2.70. The first-order valence-corrected chi connectivity index (χ1v) is 12.3. The van der Waals surface area contributed by atoms with Gasteiger partial charge < -0.3 is 4.52 Å². The summed E-state index contributed by atoms with van der Waals surface area (Å²) in [5.41, 5.74) is 0.840. The van der Waals surface area contributed by atoms with Gasteiger partial charge in [-0.25, -0.2) is 4.39 Å². The van der Waals surface area contributed by atoms with E-state index in [4.69, 9.17) is 9.51 Å². The van der Waals surface area contributed by atoms with Crippen molar-refractivity contribution in [3.63, 3.8) is 0 Å². The van der Waals surface area contributed by atoms with Gasteiger partial charge >= 0.3 is 0 Å². The molecule has 1 aliphatic carbocycles. The molecule has 0 unspecified atom stereocenters. The van der Waals surface area contributed by atoms with Crippen LogP contribution in [0.1, 0.15) is 55.8 Å². The van der Waals surface area contributed by atoms with Crippen LogP contribution in [0.2, 0.25) is 0 Å². The van der Waals surface area contributed by atoms with Gasteiger partial charge in [-0.1, -0.05) is 48.3 Å². The topological polar surface area (TPSA) is 54.2 Å². The quantitative estimate of drug-likeness (QED) is 0.489. The van der Waals surface area contributed by atoms with E-state index in [2.05, 4.69) is 39.0 Å². The van der Waals surface area contributed by atoms with Gasteiger partial charge in [0.05, 0.1) is 12.0 Å². The number of halogens is 1. The molecule has 0 atom stereocenters. The molecule has 1 aromatic heterocycles. The Morgan fingerprint density at radius 2 is 1.75 bits per heavy atom. The molecule has 0 radical (unpaired) electrons.